The second-order valence-corrected chi connectivity index (χ2v) is 5.58. The summed E-state index contributed by atoms with van der Waals surface area (Å²) in [6.07, 6.45) is 5.26. The van der Waals surface area contributed by atoms with Crippen molar-refractivity contribution in [1.29, 1.82) is 0 Å². The maximum atomic E-state index is 3.51. The molecule has 0 radical (unpaired) electrons. The van der Waals surface area contributed by atoms with E-state index in [9.17, 15) is 0 Å². The molecule has 0 rings (SSSR count). The summed E-state index contributed by atoms with van der Waals surface area (Å²) in [5, 5.41) is 3.51. The first-order valence-electron chi connectivity index (χ1n) is 7.51. The van der Waals surface area contributed by atoms with E-state index in [4.69, 9.17) is 0 Å². The summed E-state index contributed by atoms with van der Waals surface area (Å²) in [6, 6.07) is 1.97. The minimum absolute atomic E-state index is 0.627. The van der Waals surface area contributed by atoms with E-state index in [0.717, 1.165) is 6.54 Å². The summed E-state index contributed by atoms with van der Waals surface area (Å²) < 4.78 is 0. The van der Waals surface area contributed by atoms with E-state index in [1.165, 1.54) is 32.2 Å². The molecule has 0 amide bonds. The lowest BCUT2D eigenvalue weighted by Crippen LogP contribution is -2.43. The fraction of sp³-hybridized carbons (Fsp3) is 1.00. The van der Waals surface area contributed by atoms with Crippen molar-refractivity contribution >= 4 is 0 Å². The summed E-state index contributed by atoms with van der Waals surface area (Å²) in [5.41, 5.74) is 0. The molecule has 2 atom stereocenters. The van der Waals surface area contributed by atoms with E-state index in [1.54, 1.807) is 0 Å². The lowest BCUT2D eigenvalue weighted by molar-refractivity contribution is 0.145. The van der Waals surface area contributed by atoms with Crippen molar-refractivity contribution in [3.63, 3.8) is 0 Å². The van der Waals surface area contributed by atoms with Crippen LogP contribution in [-0.2, 0) is 0 Å². The van der Waals surface area contributed by atoms with Gasteiger partial charge in [-0.25, -0.2) is 0 Å². The van der Waals surface area contributed by atoms with Gasteiger partial charge in [0.1, 0.15) is 0 Å². The van der Waals surface area contributed by atoms with Crippen molar-refractivity contribution in [2.24, 2.45) is 0 Å². The average Bonchev–Trinajstić information content (AvgIpc) is 2.23. The number of nitrogens with zero attached hydrogens (tertiary/aromatic N) is 1. The minimum Gasteiger partial charge on any atom is -0.314 e. The molecule has 0 bridgehead atoms. The average molecular weight is 242 g/mol. The SMILES string of the molecule is CCCCCN(C(C)C)C(C)CC(C)NCC. The van der Waals surface area contributed by atoms with Gasteiger partial charge in [0.05, 0.1) is 0 Å². The smallest absolute Gasteiger partial charge is 0.00843 e. The largest absolute Gasteiger partial charge is 0.314 e. The van der Waals surface area contributed by atoms with Crippen molar-refractivity contribution in [3.05, 3.63) is 0 Å². The van der Waals surface area contributed by atoms with Gasteiger partial charge in [0.25, 0.3) is 0 Å². The van der Waals surface area contributed by atoms with E-state index in [-0.39, 0.29) is 0 Å². The molecule has 17 heavy (non-hydrogen) atoms. The molecule has 0 aromatic carbocycles. The Balaban J connectivity index is 4.09. The number of unbranched alkanes of at least 4 members (excludes halogenated alkanes) is 2. The summed E-state index contributed by atoms with van der Waals surface area (Å²) >= 11 is 0. The molecule has 2 nitrogen and oxygen atoms in total. The van der Waals surface area contributed by atoms with Crippen LogP contribution in [0.4, 0.5) is 0 Å². The van der Waals surface area contributed by atoms with Crippen LogP contribution in [0.2, 0.25) is 0 Å². The summed E-state index contributed by atoms with van der Waals surface area (Å²) in [4.78, 5) is 2.66. The van der Waals surface area contributed by atoms with Gasteiger partial charge >= 0.3 is 0 Å². The Labute approximate surface area is 109 Å². The topological polar surface area (TPSA) is 15.3 Å². The van der Waals surface area contributed by atoms with Gasteiger partial charge in [-0.15, -0.1) is 0 Å². The second kappa shape index (κ2) is 9.90. The Morgan fingerprint density at radius 2 is 1.65 bits per heavy atom. The van der Waals surface area contributed by atoms with Gasteiger partial charge in [-0.1, -0.05) is 26.7 Å². The van der Waals surface area contributed by atoms with E-state index < -0.39 is 0 Å². The van der Waals surface area contributed by atoms with Crippen LogP contribution in [0.5, 0.6) is 0 Å². The van der Waals surface area contributed by atoms with Gasteiger partial charge in [0.2, 0.25) is 0 Å². The molecule has 0 fully saturated rings. The lowest BCUT2D eigenvalue weighted by Gasteiger charge is -2.34. The number of rotatable bonds is 10. The van der Waals surface area contributed by atoms with Crippen molar-refractivity contribution in [2.75, 3.05) is 13.1 Å². The van der Waals surface area contributed by atoms with Gasteiger partial charge in [0.15, 0.2) is 0 Å². The van der Waals surface area contributed by atoms with Gasteiger partial charge in [0, 0.05) is 18.1 Å². The Bertz CT molecular complexity index is 168. The lowest BCUT2D eigenvalue weighted by atomic mass is 10.1. The summed E-state index contributed by atoms with van der Waals surface area (Å²) in [5.74, 6) is 0. The molecule has 0 aliphatic rings. The molecule has 0 aromatic heterocycles. The van der Waals surface area contributed by atoms with Gasteiger partial charge < -0.3 is 5.32 Å². The molecule has 0 aromatic rings. The predicted molar refractivity (Wildman–Crippen MR) is 78.6 cm³/mol. The zero-order valence-corrected chi connectivity index (χ0v) is 12.9. The third-order valence-electron chi connectivity index (χ3n) is 3.50. The van der Waals surface area contributed by atoms with Gasteiger partial charge in [-0.2, -0.15) is 0 Å². The number of hydrogen-bond donors (Lipinski definition) is 1. The highest BCUT2D eigenvalue weighted by Gasteiger charge is 2.18. The van der Waals surface area contributed by atoms with Crippen LogP contribution in [0.25, 0.3) is 0 Å². The zero-order valence-electron chi connectivity index (χ0n) is 12.9. The van der Waals surface area contributed by atoms with E-state index in [1.807, 2.05) is 0 Å². The minimum atomic E-state index is 0.627. The van der Waals surface area contributed by atoms with Crippen LogP contribution in [0.15, 0.2) is 0 Å². The highest BCUT2D eigenvalue weighted by molar-refractivity contribution is 4.75. The van der Waals surface area contributed by atoms with Gasteiger partial charge in [-0.3, -0.25) is 4.90 Å². The fourth-order valence-electron chi connectivity index (χ4n) is 2.61. The number of hydrogen-bond acceptors (Lipinski definition) is 2. The molecule has 0 saturated carbocycles. The Hall–Kier alpha value is -0.0800. The highest BCUT2D eigenvalue weighted by atomic mass is 15.2. The first kappa shape index (κ1) is 16.9. The molecule has 0 aliphatic heterocycles. The Kier molecular flexibility index (Phi) is 9.85. The summed E-state index contributed by atoms with van der Waals surface area (Å²) in [7, 11) is 0. The molecule has 0 heterocycles. The third-order valence-corrected chi connectivity index (χ3v) is 3.50. The fourth-order valence-corrected chi connectivity index (χ4v) is 2.61. The first-order valence-corrected chi connectivity index (χ1v) is 7.51. The molecular weight excluding hydrogens is 208 g/mol. The van der Waals surface area contributed by atoms with Crippen molar-refractivity contribution in [1.82, 2.24) is 10.2 Å². The standard InChI is InChI=1S/C15H34N2/c1-7-9-10-11-17(13(3)4)15(6)12-14(5)16-8-2/h13-16H,7-12H2,1-6H3. The maximum absolute atomic E-state index is 3.51. The van der Waals surface area contributed by atoms with Crippen LogP contribution in [0.3, 0.4) is 0 Å². The third kappa shape index (κ3) is 7.77. The van der Waals surface area contributed by atoms with Crippen LogP contribution in [0.1, 0.15) is 67.2 Å². The van der Waals surface area contributed by atoms with Crippen LogP contribution in [0, 0.1) is 0 Å². The van der Waals surface area contributed by atoms with Gasteiger partial charge in [-0.05, 0) is 53.6 Å². The van der Waals surface area contributed by atoms with Crippen molar-refractivity contribution in [2.45, 2.75) is 85.4 Å². The normalized spacial score (nSPS) is 15.5. The molecule has 0 aliphatic carbocycles. The van der Waals surface area contributed by atoms with E-state index in [0.29, 0.717) is 18.1 Å². The molecule has 1 N–H and O–H groups in total. The highest BCUT2D eigenvalue weighted by Crippen LogP contribution is 2.12. The second-order valence-electron chi connectivity index (χ2n) is 5.58. The van der Waals surface area contributed by atoms with Crippen LogP contribution < -0.4 is 5.32 Å². The van der Waals surface area contributed by atoms with Crippen LogP contribution in [-0.4, -0.2) is 36.1 Å². The van der Waals surface area contributed by atoms with Crippen LogP contribution >= 0.6 is 0 Å². The quantitative estimate of drug-likeness (QED) is 0.588. The molecule has 0 saturated heterocycles. The molecule has 104 valence electrons. The maximum Gasteiger partial charge on any atom is 0.00843 e. The van der Waals surface area contributed by atoms with E-state index in [2.05, 4.69) is 51.8 Å². The Morgan fingerprint density at radius 3 is 2.12 bits per heavy atom. The summed E-state index contributed by atoms with van der Waals surface area (Å²) in [6.45, 7) is 16.1. The molecular formula is C15H34N2. The van der Waals surface area contributed by atoms with Crippen molar-refractivity contribution < 1.29 is 0 Å². The zero-order chi connectivity index (χ0) is 13.3. The van der Waals surface area contributed by atoms with Crippen molar-refractivity contribution in [3.8, 4) is 0 Å². The first-order chi connectivity index (χ1) is 8.02. The predicted octanol–water partition coefficient (Wildman–Crippen LogP) is 3.66. The molecule has 2 unspecified atom stereocenters. The molecule has 2 heteroatoms. The molecule has 0 spiro atoms. The number of nitrogens with one attached hydrogen (secondary N) is 1. The monoisotopic (exact) mass is 242 g/mol. The Morgan fingerprint density at radius 1 is 1.00 bits per heavy atom. The van der Waals surface area contributed by atoms with E-state index >= 15 is 0 Å².